The summed E-state index contributed by atoms with van der Waals surface area (Å²) in [6, 6.07) is 5.02. The van der Waals surface area contributed by atoms with Crippen molar-refractivity contribution in [1.29, 1.82) is 0 Å². The van der Waals surface area contributed by atoms with Crippen LogP contribution < -0.4 is 10.0 Å². The molecule has 0 bridgehead atoms. The topological polar surface area (TPSA) is 58.2 Å². The molecular formula is C13H19ClN2O2S. The zero-order chi connectivity index (χ0) is 14.0. The molecular weight excluding hydrogens is 284 g/mol. The fraction of sp³-hybridized carbons (Fsp3) is 0.538. The Hall–Kier alpha value is -0.620. The first-order chi connectivity index (χ1) is 8.92. The minimum Gasteiger partial charge on any atom is -0.316 e. The molecule has 1 heterocycles. The highest BCUT2D eigenvalue weighted by atomic mass is 35.5. The van der Waals surface area contributed by atoms with E-state index in [1.807, 2.05) is 6.92 Å². The summed E-state index contributed by atoms with van der Waals surface area (Å²) < 4.78 is 27.6. The number of piperidine rings is 1. The number of benzene rings is 1. The van der Waals surface area contributed by atoms with Gasteiger partial charge >= 0.3 is 0 Å². The zero-order valence-electron chi connectivity index (χ0n) is 11.1. The summed E-state index contributed by atoms with van der Waals surface area (Å²) in [7, 11) is -3.56. The van der Waals surface area contributed by atoms with Crippen LogP contribution in [0.1, 0.15) is 18.9 Å². The Bertz CT molecular complexity index is 560. The molecule has 1 fully saturated rings. The Labute approximate surface area is 119 Å². The SMILES string of the molecule is Cc1cccc(S(=O)(=O)NC2CCNCC2C)c1Cl. The van der Waals surface area contributed by atoms with Crippen LogP contribution in [-0.4, -0.2) is 27.5 Å². The Morgan fingerprint density at radius 3 is 2.84 bits per heavy atom. The number of rotatable bonds is 3. The molecule has 2 rings (SSSR count). The lowest BCUT2D eigenvalue weighted by molar-refractivity contribution is 0.328. The molecule has 1 saturated heterocycles. The molecule has 2 N–H and O–H groups in total. The number of aryl methyl sites for hydroxylation is 1. The lowest BCUT2D eigenvalue weighted by Gasteiger charge is -2.30. The third kappa shape index (κ3) is 3.28. The van der Waals surface area contributed by atoms with E-state index in [1.165, 1.54) is 0 Å². The standard InChI is InChI=1S/C13H19ClN2O2S/c1-9-4-3-5-12(13(9)14)19(17,18)16-11-6-7-15-8-10(11)2/h3-5,10-11,15-16H,6-8H2,1-2H3. The number of halogens is 1. The first-order valence-corrected chi connectivity index (χ1v) is 8.26. The van der Waals surface area contributed by atoms with Crippen molar-refractivity contribution >= 4 is 21.6 Å². The number of hydrogen-bond donors (Lipinski definition) is 2. The molecule has 2 unspecified atom stereocenters. The molecule has 1 aromatic carbocycles. The van der Waals surface area contributed by atoms with Crippen molar-refractivity contribution in [2.24, 2.45) is 5.92 Å². The van der Waals surface area contributed by atoms with Crippen LogP contribution in [0.2, 0.25) is 5.02 Å². The van der Waals surface area contributed by atoms with Crippen molar-refractivity contribution < 1.29 is 8.42 Å². The second kappa shape index (κ2) is 5.79. The maximum atomic E-state index is 12.4. The predicted molar refractivity (Wildman–Crippen MR) is 76.9 cm³/mol. The quantitative estimate of drug-likeness (QED) is 0.897. The van der Waals surface area contributed by atoms with Crippen molar-refractivity contribution in [3.05, 3.63) is 28.8 Å². The second-order valence-electron chi connectivity index (χ2n) is 5.08. The van der Waals surface area contributed by atoms with Crippen molar-refractivity contribution in [2.45, 2.75) is 31.2 Å². The van der Waals surface area contributed by atoms with Gasteiger partial charge in [-0.05, 0) is 44.0 Å². The molecule has 0 amide bonds. The number of sulfonamides is 1. The highest BCUT2D eigenvalue weighted by molar-refractivity contribution is 7.89. The smallest absolute Gasteiger partial charge is 0.242 e. The van der Waals surface area contributed by atoms with E-state index in [0.29, 0.717) is 5.02 Å². The van der Waals surface area contributed by atoms with Crippen molar-refractivity contribution in [2.75, 3.05) is 13.1 Å². The highest BCUT2D eigenvalue weighted by Crippen LogP contribution is 2.25. The van der Waals surface area contributed by atoms with Gasteiger partial charge in [-0.3, -0.25) is 0 Å². The van der Waals surface area contributed by atoms with E-state index in [9.17, 15) is 8.42 Å². The molecule has 0 radical (unpaired) electrons. The van der Waals surface area contributed by atoms with E-state index in [1.54, 1.807) is 25.1 Å². The first-order valence-electron chi connectivity index (χ1n) is 6.40. The lowest BCUT2D eigenvalue weighted by Crippen LogP contribution is -2.48. The molecule has 6 heteroatoms. The average molecular weight is 303 g/mol. The van der Waals surface area contributed by atoms with Crippen molar-refractivity contribution in [3.63, 3.8) is 0 Å². The van der Waals surface area contributed by atoms with Gasteiger partial charge in [0, 0.05) is 6.04 Å². The lowest BCUT2D eigenvalue weighted by atomic mass is 9.97. The molecule has 1 aromatic rings. The largest absolute Gasteiger partial charge is 0.316 e. The Morgan fingerprint density at radius 1 is 1.42 bits per heavy atom. The molecule has 106 valence electrons. The maximum absolute atomic E-state index is 12.4. The average Bonchev–Trinajstić information content (AvgIpc) is 2.35. The van der Waals surface area contributed by atoms with E-state index in [0.717, 1.165) is 25.1 Å². The van der Waals surface area contributed by atoms with Gasteiger partial charge in [0.25, 0.3) is 0 Å². The molecule has 0 aliphatic carbocycles. The third-order valence-corrected chi connectivity index (χ3v) is 5.68. The van der Waals surface area contributed by atoms with Crippen molar-refractivity contribution in [3.8, 4) is 0 Å². The summed E-state index contributed by atoms with van der Waals surface area (Å²) in [6.45, 7) is 5.50. The molecule has 4 nitrogen and oxygen atoms in total. The van der Waals surface area contributed by atoms with Crippen LogP contribution in [0.25, 0.3) is 0 Å². The molecule has 0 spiro atoms. The highest BCUT2D eigenvalue weighted by Gasteiger charge is 2.28. The maximum Gasteiger partial charge on any atom is 0.242 e. The fourth-order valence-corrected chi connectivity index (χ4v) is 4.24. The van der Waals surface area contributed by atoms with Crippen LogP contribution in [-0.2, 0) is 10.0 Å². The summed E-state index contributed by atoms with van der Waals surface area (Å²) in [5.41, 5.74) is 0.767. The molecule has 19 heavy (non-hydrogen) atoms. The van der Waals surface area contributed by atoms with Gasteiger partial charge in [0.1, 0.15) is 4.90 Å². The summed E-state index contributed by atoms with van der Waals surface area (Å²) in [5.74, 6) is 0.270. The summed E-state index contributed by atoms with van der Waals surface area (Å²) >= 11 is 6.10. The monoisotopic (exact) mass is 302 g/mol. The zero-order valence-corrected chi connectivity index (χ0v) is 12.7. The Morgan fingerprint density at radius 2 is 2.16 bits per heavy atom. The molecule has 0 saturated carbocycles. The van der Waals surface area contributed by atoms with E-state index in [2.05, 4.69) is 10.0 Å². The predicted octanol–water partition coefficient (Wildman–Crippen LogP) is 1.92. The molecule has 1 aliphatic rings. The minimum absolute atomic E-state index is 0.0390. The second-order valence-corrected chi connectivity index (χ2v) is 7.15. The van der Waals surface area contributed by atoms with Gasteiger partial charge in [0.05, 0.1) is 5.02 Å². The fourth-order valence-electron chi connectivity index (χ4n) is 2.28. The van der Waals surface area contributed by atoms with Gasteiger partial charge < -0.3 is 5.32 Å². The van der Waals surface area contributed by atoms with Gasteiger partial charge in [0.2, 0.25) is 10.0 Å². The van der Waals surface area contributed by atoms with Gasteiger partial charge in [-0.1, -0.05) is 30.7 Å². The summed E-state index contributed by atoms with van der Waals surface area (Å²) in [4.78, 5) is 0.167. The van der Waals surface area contributed by atoms with Crippen LogP contribution in [0.3, 0.4) is 0 Å². The van der Waals surface area contributed by atoms with E-state index < -0.39 is 10.0 Å². The van der Waals surface area contributed by atoms with Crippen LogP contribution in [0.5, 0.6) is 0 Å². The summed E-state index contributed by atoms with van der Waals surface area (Å²) in [5, 5.41) is 3.55. The normalized spacial score (nSPS) is 24.4. The molecule has 0 aromatic heterocycles. The molecule has 2 atom stereocenters. The van der Waals surface area contributed by atoms with E-state index in [4.69, 9.17) is 11.6 Å². The Kier molecular flexibility index (Phi) is 4.50. The van der Waals surface area contributed by atoms with Crippen LogP contribution in [0.4, 0.5) is 0 Å². The van der Waals surface area contributed by atoms with E-state index in [-0.39, 0.29) is 16.9 Å². The number of hydrogen-bond acceptors (Lipinski definition) is 3. The van der Waals surface area contributed by atoms with Crippen LogP contribution in [0, 0.1) is 12.8 Å². The Balaban J connectivity index is 2.25. The summed E-state index contributed by atoms with van der Waals surface area (Å²) in [6.07, 6.45) is 0.795. The van der Waals surface area contributed by atoms with Crippen LogP contribution >= 0.6 is 11.6 Å². The number of nitrogens with one attached hydrogen (secondary N) is 2. The van der Waals surface area contributed by atoms with E-state index >= 15 is 0 Å². The van der Waals surface area contributed by atoms with Crippen LogP contribution in [0.15, 0.2) is 23.1 Å². The van der Waals surface area contributed by atoms with Gasteiger partial charge in [-0.15, -0.1) is 0 Å². The van der Waals surface area contributed by atoms with Gasteiger partial charge in [-0.2, -0.15) is 0 Å². The molecule has 1 aliphatic heterocycles. The minimum atomic E-state index is -3.56. The van der Waals surface area contributed by atoms with Gasteiger partial charge in [-0.25, -0.2) is 13.1 Å². The third-order valence-electron chi connectivity index (χ3n) is 3.54. The van der Waals surface area contributed by atoms with Crippen molar-refractivity contribution in [1.82, 2.24) is 10.0 Å². The van der Waals surface area contributed by atoms with Gasteiger partial charge in [0.15, 0.2) is 0 Å². The first kappa shape index (κ1) is 14.8.